The Kier molecular flexibility index (Phi) is 23.6. The molecule has 2 aromatic heterocycles. The van der Waals surface area contributed by atoms with Crippen molar-refractivity contribution in [2.24, 2.45) is 5.41 Å². The van der Waals surface area contributed by atoms with Crippen LogP contribution in [0.5, 0.6) is 5.88 Å². The van der Waals surface area contributed by atoms with Crippen LogP contribution in [0.3, 0.4) is 0 Å². The first-order valence-corrected chi connectivity index (χ1v) is 27.6. The molecule has 0 radical (unpaired) electrons. The molecule has 4 aromatic rings. The summed E-state index contributed by atoms with van der Waals surface area (Å²) in [6.45, 7) is 13.0. The van der Waals surface area contributed by atoms with Crippen LogP contribution < -0.4 is 37.1 Å². The topological polar surface area (TPSA) is 309 Å². The SMILES string of the molecule is CC[C@@H](NC(=O)[C@@H]1C[C@H](NC(=O)CCOCCOCCOCCOCCC(=O)NCCn2nc(C#N)c3c2CN(C)C(=O)c2ccc(F)cc2[C@@H](C)Oc2nc-3cnc2N)CN1C(=O)[C@@H](NC(=O)[C@H](C)NC)C(C)(C)C)c1ccccc1. The number of carbonyl (C=O) groups excluding carboxylic acids is 6. The van der Waals surface area contributed by atoms with Crippen LogP contribution >= 0.6 is 0 Å². The Morgan fingerprint density at radius 1 is 0.939 bits per heavy atom. The average Bonchev–Trinajstić information content (AvgIpc) is 4.26. The van der Waals surface area contributed by atoms with Crippen molar-refractivity contribution in [3.05, 3.63) is 88.6 Å². The first-order chi connectivity index (χ1) is 39.2. The third kappa shape index (κ3) is 17.4. The maximum atomic E-state index is 14.4. The number of halogens is 1. The minimum atomic E-state index is -0.941. The Morgan fingerprint density at radius 2 is 1.59 bits per heavy atom. The van der Waals surface area contributed by atoms with Crippen LogP contribution in [0.4, 0.5) is 10.2 Å². The van der Waals surface area contributed by atoms with Gasteiger partial charge >= 0.3 is 0 Å². The molecule has 1 saturated heterocycles. The zero-order valence-electron chi connectivity index (χ0n) is 48.1. The lowest BCUT2D eigenvalue weighted by atomic mass is 9.85. The number of anilines is 1. The third-order valence-electron chi connectivity index (χ3n) is 14.0. The quantitative estimate of drug-likeness (QED) is 0.0467. The molecule has 0 aliphatic carbocycles. The number of nitrogen functional groups attached to an aromatic ring is 1. The summed E-state index contributed by atoms with van der Waals surface area (Å²) >= 11 is 0. The van der Waals surface area contributed by atoms with E-state index >= 15 is 0 Å². The second-order valence-electron chi connectivity index (χ2n) is 21.1. The van der Waals surface area contributed by atoms with Crippen LogP contribution in [0.25, 0.3) is 11.3 Å². The van der Waals surface area contributed by atoms with Gasteiger partial charge in [0.2, 0.25) is 29.5 Å². The lowest BCUT2D eigenvalue weighted by Gasteiger charge is -2.36. The van der Waals surface area contributed by atoms with E-state index in [0.29, 0.717) is 17.7 Å². The Labute approximate surface area is 477 Å². The number of amides is 6. The maximum absolute atomic E-state index is 14.4. The second kappa shape index (κ2) is 30.4. The molecule has 4 heterocycles. The molecule has 25 heteroatoms. The molecule has 6 rings (SSSR count). The summed E-state index contributed by atoms with van der Waals surface area (Å²) in [6.07, 6.45) is 1.46. The van der Waals surface area contributed by atoms with Crippen molar-refractivity contribution in [2.45, 2.75) is 117 Å². The number of benzene rings is 2. The van der Waals surface area contributed by atoms with E-state index in [4.69, 9.17) is 29.4 Å². The lowest BCUT2D eigenvalue weighted by Crippen LogP contribution is -2.59. The Morgan fingerprint density at radius 3 is 2.21 bits per heavy atom. The van der Waals surface area contributed by atoms with E-state index in [1.54, 1.807) is 27.9 Å². The van der Waals surface area contributed by atoms with Crippen molar-refractivity contribution >= 4 is 41.3 Å². The van der Waals surface area contributed by atoms with Gasteiger partial charge in [-0.3, -0.25) is 33.4 Å². The highest BCUT2D eigenvalue weighted by Crippen LogP contribution is 2.34. The summed E-state index contributed by atoms with van der Waals surface area (Å²) in [4.78, 5) is 92.8. The number of nitrogens with two attached hydrogens (primary N) is 1. The maximum Gasteiger partial charge on any atom is 0.258 e. The molecular formula is C57H78FN13O11. The van der Waals surface area contributed by atoms with E-state index in [-0.39, 0.29) is 162 Å². The molecular weight excluding hydrogens is 1060 g/mol. The Balaban J connectivity index is 0.865. The minimum absolute atomic E-state index is 0.0106. The number of hydrogen-bond donors (Lipinski definition) is 6. The highest BCUT2D eigenvalue weighted by molar-refractivity contribution is 5.96. The van der Waals surface area contributed by atoms with Gasteiger partial charge < -0.3 is 65.8 Å². The summed E-state index contributed by atoms with van der Waals surface area (Å²) in [5.41, 5.74) is 7.82. The number of hydrogen-bond acceptors (Lipinski definition) is 17. The Hall–Kier alpha value is -7.63. The summed E-state index contributed by atoms with van der Waals surface area (Å²) in [5, 5.41) is 29.3. The molecule has 0 saturated carbocycles. The molecule has 2 aliphatic rings. The van der Waals surface area contributed by atoms with Gasteiger partial charge in [0.15, 0.2) is 11.5 Å². The van der Waals surface area contributed by atoms with Crippen molar-refractivity contribution in [3.8, 4) is 23.2 Å². The molecule has 0 spiro atoms. The standard InChI is InChI=1S/C57H78FN13O11/c1-9-42(37-13-11-10-12-14-37)65-53(75)45-30-39(33-70(45)56(77)50(57(4,5)6)67-52(74)35(2)61-7)64-48(73)18-22-79-24-26-81-28-27-80-25-23-78-21-17-47(72)62-19-20-71-46-34-69(8)55(76)40-16-15-38(58)29-41(40)36(3)82-54-51(60)63-32-44(66-54)49(46)43(31-59)68-71/h10-16,29,32,35-36,39,42,45,50,61H,9,17-28,30,33-34H2,1-8H3,(H2,60,63)(H,62,72)(H,64,73)(H,65,75)(H,67,74)/t35-,36+,39-,42+,45-,50+/m0/s1. The van der Waals surface area contributed by atoms with Gasteiger partial charge in [0, 0.05) is 50.1 Å². The van der Waals surface area contributed by atoms with Gasteiger partial charge in [-0.1, -0.05) is 58.0 Å². The fourth-order valence-corrected chi connectivity index (χ4v) is 9.38. The summed E-state index contributed by atoms with van der Waals surface area (Å²) in [5.74, 6) is -2.78. The number of fused-ring (bicyclic) bond motifs is 5. The van der Waals surface area contributed by atoms with Gasteiger partial charge in [0.1, 0.15) is 30.1 Å². The first-order valence-electron chi connectivity index (χ1n) is 27.6. The third-order valence-corrected chi connectivity index (χ3v) is 14.0. The zero-order chi connectivity index (χ0) is 59.5. The summed E-state index contributed by atoms with van der Waals surface area (Å²) < 4.78 is 44.4. The van der Waals surface area contributed by atoms with Crippen molar-refractivity contribution in [1.82, 2.24) is 56.1 Å². The zero-order valence-corrected chi connectivity index (χ0v) is 48.1. The molecule has 82 heavy (non-hydrogen) atoms. The number of rotatable bonds is 27. The fourth-order valence-electron chi connectivity index (χ4n) is 9.38. The molecule has 0 unspecified atom stereocenters. The molecule has 6 amide bonds. The van der Waals surface area contributed by atoms with E-state index < -0.39 is 53.3 Å². The van der Waals surface area contributed by atoms with Crippen LogP contribution in [0.1, 0.15) is 112 Å². The predicted molar refractivity (Wildman–Crippen MR) is 299 cm³/mol. The van der Waals surface area contributed by atoms with Crippen LogP contribution in [-0.2, 0) is 56.0 Å². The highest BCUT2D eigenvalue weighted by Gasteiger charge is 2.46. The summed E-state index contributed by atoms with van der Waals surface area (Å²) in [6, 6.07) is 12.3. The molecule has 24 nitrogen and oxygen atoms in total. The number of carbonyl (C=O) groups is 6. The van der Waals surface area contributed by atoms with Gasteiger partial charge in [0.25, 0.3) is 11.8 Å². The number of nitrogens with zero attached hydrogens (tertiary/aromatic N) is 7. The number of likely N-dealkylation sites (tertiary alicyclic amines) is 1. The minimum Gasteiger partial charge on any atom is -0.467 e. The number of nitriles is 1. The van der Waals surface area contributed by atoms with Crippen molar-refractivity contribution in [2.75, 3.05) is 85.8 Å². The normalized spacial score (nSPS) is 17.2. The van der Waals surface area contributed by atoms with Gasteiger partial charge in [0.05, 0.1) is 101 Å². The number of likely N-dealkylation sites (N-methyl/N-ethyl adjacent to an activating group) is 1. The van der Waals surface area contributed by atoms with E-state index in [1.165, 1.54) is 38.9 Å². The number of aromatic nitrogens is 4. The second-order valence-corrected chi connectivity index (χ2v) is 21.1. The molecule has 2 aromatic carbocycles. The van der Waals surface area contributed by atoms with Crippen molar-refractivity contribution < 1.29 is 56.8 Å². The first kappa shape index (κ1) is 63.6. The van der Waals surface area contributed by atoms with Crippen molar-refractivity contribution in [1.29, 1.82) is 5.26 Å². The van der Waals surface area contributed by atoms with Crippen LogP contribution in [0, 0.1) is 22.6 Å². The van der Waals surface area contributed by atoms with Crippen LogP contribution in [0.2, 0.25) is 0 Å². The summed E-state index contributed by atoms with van der Waals surface area (Å²) in [7, 11) is 3.23. The van der Waals surface area contributed by atoms with E-state index in [2.05, 4.69) is 47.7 Å². The van der Waals surface area contributed by atoms with E-state index in [0.717, 1.165) is 5.56 Å². The number of nitrogens with one attached hydrogen (secondary N) is 5. The van der Waals surface area contributed by atoms with Crippen LogP contribution in [0.15, 0.2) is 54.7 Å². The van der Waals surface area contributed by atoms with Crippen LogP contribution in [-0.4, -0.2) is 169 Å². The Bertz CT molecular complexity index is 2880. The molecule has 444 valence electrons. The highest BCUT2D eigenvalue weighted by atomic mass is 19.1. The van der Waals surface area contributed by atoms with Gasteiger partial charge in [-0.25, -0.2) is 14.4 Å². The lowest BCUT2D eigenvalue weighted by molar-refractivity contribution is -0.144. The molecule has 2 bridgehead atoms. The van der Waals surface area contributed by atoms with Gasteiger partial charge in [-0.05, 0) is 62.9 Å². The predicted octanol–water partition coefficient (Wildman–Crippen LogP) is 3.11. The van der Waals surface area contributed by atoms with Crippen molar-refractivity contribution in [3.63, 3.8) is 0 Å². The molecule has 7 N–H and O–H groups in total. The van der Waals surface area contributed by atoms with E-state index in [9.17, 15) is 38.4 Å². The molecule has 1 fully saturated rings. The smallest absolute Gasteiger partial charge is 0.258 e. The van der Waals surface area contributed by atoms with E-state index in [1.807, 2.05) is 58.0 Å². The number of ether oxygens (including phenoxy) is 5. The average molecular weight is 1140 g/mol. The largest absolute Gasteiger partial charge is 0.467 e. The van der Waals surface area contributed by atoms with Gasteiger partial charge in [-0.15, -0.1) is 0 Å². The van der Waals surface area contributed by atoms with Gasteiger partial charge in [-0.2, -0.15) is 10.4 Å². The fraction of sp³-hybridized carbons (Fsp3) is 0.544. The molecule has 6 atom stereocenters. The monoisotopic (exact) mass is 1140 g/mol. The molecule has 2 aliphatic heterocycles.